The van der Waals surface area contributed by atoms with Gasteiger partial charge in [0.15, 0.2) is 0 Å². The Morgan fingerprint density at radius 2 is 1.17 bits per heavy atom. The summed E-state index contributed by atoms with van der Waals surface area (Å²) in [5, 5.41) is 8.91. The Labute approximate surface area is 313 Å². The number of aromatic nitrogens is 2. The highest BCUT2D eigenvalue weighted by Crippen LogP contribution is 2.40. The maximum atomic E-state index is 5.41. The second-order valence-electron chi connectivity index (χ2n) is 14.5. The molecule has 1 atom stereocenters. The molecule has 54 heavy (non-hydrogen) atoms. The molecule has 0 radical (unpaired) electrons. The summed E-state index contributed by atoms with van der Waals surface area (Å²) < 4.78 is 4.83. The molecule has 4 heterocycles. The predicted molar refractivity (Wildman–Crippen MR) is 225 cm³/mol. The summed E-state index contributed by atoms with van der Waals surface area (Å²) in [5.74, 6) is 1.10. The maximum absolute atomic E-state index is 5.41. The number of rotatable bonds is 4. The Bertz CT molecular complexity index is 2950. The zero-order valence-corrected chi connectivity index (χ0v) is 29.8. The number of hydrogen-bond donors (Lipinski definition) is 1. The standard InChI is InChI=1S/C49H37N5/c1-3-13-32(14-4-1)36-22-25-38-40-30-35(34-23-26-44-39(29-34)37-17-7-10-20-43(37)53(44)47-21-11-12-28-50-47)24-27-45(40)54(46(38)31-36)49-48(33-15-5-2-6-16-33)51-41-18-8-9-19-42(41)52-49/h1-7,9-10,12-17,19-20,22-31,49,52H,8,11,18,21H2. The third-order valence-corrected chi connectivity index (χ3v) is 11.3. The van der Waals surface area contributed by atoms with Crippen molar-refractivity contribution >= 4 is 55.2 Å². The van der Waals surface area contributed by atoms with Crippen molar-refractivity contribution in [1.29, 1.82) is 0 Å². The van der Waals surface area contributed by atoms with Crippen molar-refractivity contribution in [2.24, 2.45) is 9.98 Å². The normalized spacial score (nSPS) is 16.9. The van der Waals surface area contributed by atoms with E-state index < -0.39 is 0 Å². The third kappa shape index (κ3) is 4.92. The average molecular weight is 696 g/mol. The molecule has 0 spiro atoms. The van der Waals surface area contributed by atoms with Gasteiger partial charge in [-0.2, -0.15) is 0 Å². The molecular formula is C49H37N5. The molecule has 5 nitrogen and oxygen atoms in total. The van der Waals surface area contributed by atoms with Crippen molar-refractivity contribution in [2.75, 3.05) is 0 Å². The summed E-state index contributed by atoms with van der Waals surface area (Å²) in [6.07, 6.45) is 12.2. The van der Waals surface area contributed by atoms with Crippen LogP contribution < -0.4 is 5.32 Å². The van der Waals surface area contributed by atoms with Gasteiger partial charge in [-0.3, -0.25) is 9.56 Å². The first kappa shape index (κ1) is 30.9. The van der Waals surface area contributed by atoms with Gasteiger partial charge in [-0.15, -0.1) is 0 Å². The smallest absolute Gasteiger partial charge is 0.148 e. The quantitative estimate of drug-likeness (QED) is 0.196. The first-order chi connectivity index (χ1) is 26.8. The molecule has 1 aliphatic carbocycles. The van der Waals surface area contributed by atoms with Gasteiger partial charge in [0.2, 0.25) is 0 Å². The number of para-hydroxylation sites is 1. The zero-order chi connectivity index (χ0) is 35.6. The van der Waals surface area contributed by atoms with Crippen molar-refractivity contribution < 1.29 is 0 Å². The van der Waals surface area contributed by atoms with Crippen LogP contribution >= 0.6 is 0 Å². The van der Waals surface area contributed by atoms with Crippen LogP contribution in [0.3, 0.4) is 0 Å². The number of allylic oxidation sites excluding steroid dienone is 4. The molecule has 8 aromatic rings. The first-order valence-corrected chi connectivity index (χ1v) is 19.0. The van der Waals surface area contributed by atoms with E-state index in [0.29, 0.717) is 0 Å². The zero-order valence-electron chi connectivity index (χ0n) is 29.8. The molecule has 258 valence electrons. The lowest BCUT2D eigenvalue weighted by Gasteiger charge is -2.32. The molecule has 1 N–H and O–H groups in total. The molecule has 5 heteroatoms. The van der Waals surface area contributed by atoms with Gasteiger partial charge in [0.1, 0.15) is 12.0 Å². The van der Waals surface area contributed by atoms with Crippen LogP contribution in [-0.4, -0.2) is 20.7 Å². The first-order valence-electron chi connectivity index (χ1n) is 19.0. The number of nitrogens with zero attached hydrogens (tertiary/aromatic N) is 4. The summed E-state index contributed by atoms with van der Waals surface area (Å²) in [7, 11) is 0. The molecule has 0 saturated heterocycles. The largest absolute Gasteiger partial charge is 0.358 e. The fraction of sp³-hybridized carbons (Fsp3) is 0.102. The Morgan fingerprint density at radius 3 is 1.96 bits per heavy atom. The fourth-order valence-electron chi connectivity index (χ4n) is 8.75. The van der Waals surface area contributed by atoms with Crippen LogP contribution in [0, 0.1) is 0 Å². The number of fused-ring (bicyclic) bond motifs is 6. The average Bonchev–Trinajstić information content (AvgIpc) is 3.76. The van der Waals surface area contributed by atoms with Gasteiger partial charge in [0.25, 0.3) is 0 Å². The van der Waals surface area contributed by atoms with Gasteiger partial charge in [0, 0.05) is 39.7 Å². The molecule has 2 aliphatic heterocycles. The number of nitrogens with one attached hydrogen (secondary N) is 1. The molecule has 1 unspecified atom stereocenters. The monoisotopic (exact) mass is 695 g/mol. The molecule has 3 aliphatic rings. The van der Waals surface area contributed by atoms with E-state index in [0.717, 1.165) is 54.2 Å². The Balaban J connectivity index is 1.12. The highest BCUT2D eigenvalue weighted by atomic mass is 15.2. The van der Waals surface area contributed by atoms with E-state index in [4.69, 9.17) is 9.98 Å². The second-order valence-corrected chi connectivity index (χ2v) is 14.5. The number of benzene rings is 6. The van der Waals surface area contributed by atoms with Crippen LogP contribution in [0.2, 0.25) is 0 Å². The topological polar surface area (TPSA) is 46.6 Å². The van der Waals surface area contributed by atoms with E-state index in [1.54, 1.807) is 0 Å². The van der Waals surface area contributed by atoms with E-state index in [1.807, 2.05) is 6.20 Å². The van der Waals surface area contributed by atoms with Crippen LogP contribution in [0.15, 0.2) is 185 Å². The maximum Gasteiger partial charge on any atom is 0.148 e. The minimum Gasteiger partial charge on any atom is -0.358 e. The minimum atomic E-state index is -0.203. The molecule has 0 fully saturated rings. The minimum absolute atomic E-state index is 0.203. The molecule has 0 amide bonds. The molecule has 2 aromatic heterocycles. The summed E-state index contributed by atoms with van der Waals surface area (Å²) in [5.41, 5.74) is 13.9. The summed E-state index contributed by atoms with van der Waals surface area (Å²) in [6, 6.07) is 50.9. The van der Waals surface area contributed by atoms with Gasteiger partial charge in [-0.05, 0) is 84.0 Å². The Morgan fingerprint density at radius 1 is 0.519 bits per heavy atom. The fourth-order valence-corrected chi connectivity index (χ4v) is 8.75. The van der Waals surface area contributed by atoms with E-state index in [-0.39, 0.29) is 6.17 Å². The molecule has 6 aromatic carbocycles. The third-order valence-electron chi connectivity index (χ3n) is 11.3. The predicted octanol–water partition coefficient (Wildman–Crippen LogP) is 11.9. The van der Waals surface area contributed by atoms with Crippen molar-refractivity contribution in [2.45, 2.75) is 31.8 Å². The van der Waals surface area contributed by atoms with Crippen LogP contribution in [-0.2, 0) is 0 Å². The van der Waals surface area contributed by atoms with Crippen LogP contribution in [0.4, 0.5) is 0 Å². The highest BCUT2D eigenvalue weighted by molar-refractivity contribution is 6.16. The van der Waals surface area contributed by atoms with Crippen LogP contribution in [0.1, 0.15) is 37.4 Å². The summed E-state index contributed by atoms with van der Waals surface area (Å²) in [4.78, 5) is 10.2. The lowest BCUT2D eigenvalue weighted by Crippen LogP contribution is -2.37. The second kappa shape index (κ2) is 12.5. The van der Waals surface area contributed by atoms with Gasteiger partial charge < -0.3 is 9.88 Å². The summed E-state index contributed by atoms with van der Waals surface area (Å²) in [6.45, 7) is 0. The van der Waals surface area contributed by atoms with Crippen LogP contribution in [0.25, 0.3) is 65.9 Å². The molecule has 0 bridgehead atoms. The van der Waals surface area contributed by atoms with Crippen molar-refractivity contribution in [3.05, 3.63) is 181 Å². The lowest BCUT2D eigenvalue weighted by molar-refractivity contribution is 0.579. The highest BCUT2D eigenvalue weighted by Gasteiger charge is 2.30. The molecular weight excluding hydrogens is 659 g/mol. The lowest BCUT2D eigenvalue weighted by atomic mass is 9.99. The van der Waals surface area contributed by atoms with Crippen molar-refractivity contribution in [3.63, 3.8) is 0 Å². The van der Waals surface area contributed by atoms with Gasteiger partial charge in [-0.25, -0.2) is 4.99 Å². The van der Waals surface area contributed by atoms with Crippen LogP contribution in [0.5, 0.6) is 0 Å². The van der Waals surface area contributed by atoms with E-state index in [2.05, 4.69) is 172 Å². The summed E-state index contributed by atoms with van der Waals surface area (Å²) >= 11 is 0. The van der Waals surface area contributed by atoms with E-state index >= 15 is 0 Å². The van der Waals surface area contributed by atoms with Gasteiger partial charge in [-0.1, -0.05) is 115 Å². The van der Waals surface area contributed by atoms with Gasteiger partial charge >= 0.3 is 0 Å². The SMILES string of the molecule is C1=CN=C(n2c3ccccc3c3cc(-c4ccc5c(c4)c4ccc(-c6ccccc6)cc4n5C4NC5=C(CCC=C5)N=C4c4ccccc4)ccc32)CC1. The number of aliphatic imine (C=N–C) groups is 2. The Kier molecular flexibility index (Phi) is 7.12. The molecule has 0 saturated carbocycles. The van der Waals surface area contributed by atoms with Crippen molar-refractivity contribution in [3.8, 4) is 22.3 Å². The molecule has 11 rings (SSSR count). The number of hydrogen-bond acceptors (Lipinski definition) is 3. The van der Waals surface area contributed by atoms with Gasteiger partial charge in [0.05, 0.1) is 39.2 Å². The Hall–Kier alpha value is -6.72. The van der Waals surface area contributed by atoms with E-state index in [9.17, 15) is 0 Å². The van der Waals surface area contributed by atoms with E-state index in [1.165, 1.54) is 65.9 Å². The van der Waals surface area contributed by atoms with Crippen molar-refractivity contribution in [1.82, 2.24) is 14.5 Å².